The van der Waals surface area contributed by atoms with E-state index in [0.29, 0.717) is 23.5 Å². The van der Waals surface area contributed by atoms with Gasteiger partial charge in [-0.1, -0.05) is 24.2 Å². The summed E-state index contributed by atoms with van der Waals surface area (Å²) in [7, 11) is -3.60. The SMILES string of the molecule is Cc1cc(C)cc(Sc2ccc(C#N)cc2S(=O)(=O)N2CCCCC2)c1. The Hall–Kier alpha value is -1.81. The fraction of sp³-hybridized carbons (Fsp3) is 0.350. The summed E-state index contributed by atoms with van der Waals surface area (Å²) in [5.41, 5.74) is 2.65. The van der Waals surface area contributed by atoms with E-state index in [9.17, 15) is 13.7 Å². The lowest BCUT2D eigenvalue weighted by atomic mass is 10.2. The summed E-state index contributed by atoms with van der Waals surface area (Å²) in [6.45, 7) is 5.15. The lowest BCUT2D eigenvalue weighted by Crippen LogP contribution is -2.35. The van der Waals surface area contributed by atoms with E-state index < -0.39 is 10.0 Å². The molecule has 1 saturated heterocycles. The molecule has 0 atom stereocenters. The van der Waals surface area contributed by atoms with Gasteiger partial charge in [0.25, 0.3) is 0 Å². The highest BCUT2D eigenvalue weighted by Crippen LogP contribution is 2.36. The van der Waals surface area contributed by atoms with Crippen molar-refractivity contribution in [1.29, 1.82) is 5.26 Å². The molecule has 0 unspecified atom stereocenters. The fourth-order valence-electron chi connectivity index (χ4n) is 3.23. The van der Waals surface area contributed by atoms with E-state index in [2.05, 4.69) is 12.1 Å². The first-order valence-corrected chi connectivity index (χ1v) is 11.0. The van der Waals surface area contributed by atoms with Gasteiger partial charge in [0.15, 0.2) is 0 Å². The third kappa shape index (κ3) is 4.12. The van der Waals surface area contributed by atoms with Gasteiger partial charge < -0.3 is 0 Å². The minimum Gasteiger partial charge on any atom is -0.207 e. The summed E-state index contributed by atoms with van der Waals surface area (Å²) in [5, 5.41) is 9.23. The van der Waals surface area contributed by atoms with Gasteiger partial charge in [0.2, 0.25) is 10.0 Å². The molecule has 0 spiro atoms. The van der Waals surface area contributed by atoms with Crippen LogP contribution in [0.25, 0.3) is 0 Å². The molecule has 1 fully saturated rings. The van der Waals surface area contributed by atoms with E-state index in [1.165, 1.54) is 17.8 Å². The molecular formula is C20H22N2O2S2. The Labute approximate surface area is 159 Å². The van der Waals surface area contributed by atoms with Crippen LogP contribution in [0.15, 0.2) is 51.1 Å². The molecule has 136 valence electrons. The molecule has 0 N–H and O–H groups in total. The van der Waals surface area contributed by atoms with Crippen molar-refractivity contribution >= 4 is 21.8 Å². The number of benzene rings is 2. The van der Waals surface area contributed by atoms with Crippen LogP contribution in [0, 0.1) is 25.2 Å². The fourth-order valence-corrected chi connectivity index (χ4v) is 6.32. The van der Waals surface area contributed by atoms with Gasteiger partial charge >= 0.3 is 0 Å². The number of nitrogens with zero attached hydrogens (tertiary/aromatic N) is 2. The third-order valence-electron chi connectivity index (χ3n) is 4.43. The van der Waals surface area contributed by atoms with Gasteiger partial charge in [-0.25, -0.2) is 8.42 Å². The second-order valence-electron chi connectivity index (χ2n) is 6.66. The van der Waals surface area contributed by atoms with Crippen molar-refractivity contribution in [3.8, 4) is 6.07 Å². The number of hydrogen-bond acceptors (Lipinski definition) is 4. The Kier molecular flexibility index (Phi) is 5.71. The van der Waals surface area contributed by atoms with Crippen molar-refractivity contribution in [2.45, 2.75) is 47.8 Å². The van der Waals surface area contributed by atoms with Crippen molar-refractivity contribution < 1.29 is 8.42 Å². The van der Waals surface area contributed by atoms with Crippen LogP contribution in [0.3, 0.4) is 0 Å². The number of hydrogen-bond donors (Lipinski definition) is 0. The molecule has 1 heterocycles. The number of piperidine rings is 1. The first-order chi connectivity index (χ1) is 12.4. The van der Waals surface area contributed by atoms with E-state index in [-0.39, 0.29) is 4.90 Å². The second-order valence-corrected chi connectivity index (χ2v) is 9.69. The molecule has 0 amide bonds. The summed E-state index contributed by atoms with van der Waals surface area (Å²) in [6, 6.07) is 13.2. The summed E-state index contributed by atoms with van der Waals surface area (Å²) in [4.78, 5) is 1.91. The highest BCUT2D eigenvalue weighted by molar-refractivity contribution is 8.00. The average Bonchev–Trinajstić information content (AvgIpc) is 2.62. The van der Waals surface area contributed by atoms with E-state index in [4.69, 9.17) is 0 Å². The van der Waals surface area contributed by atoms with Crippen LogP contribution in [0.1, 0.15) is 36.0 Å². The normalized spacial score (nSPS) is 15.6. The van der Waals surface area contributed by atoms with Crippen molar-refractivity contribution in [2.75, 3.05) is 13.1 Å². The highest BCUT2D eigenvalue weighted by atomic mass is 32.2. The molecule has 1 aliphatic rings. The average molecular weight is 387 g/mol. The Morgan fingerprint density at radius 3 is 2.27 bits per heavy atom. The molecule has 26 heavy (non-hydrogen) atoms. The molecule has 0 aromatic heterocycles. The smallest absolute Gasteiger partial charge is 0.207 e. The molecule has 2 aromatic rings. The zero-order chi connectivity index (χ0) is 18.7. The van der Waals surface area contributed by atoms with E-state index >= 15 is 0 Å². The molecular weight excluding hydrogens is 364 g/mol. The lowest BCUT2D eigenvalue weighted by Gasteiger charge is -2.26. The minimum atomic E-state index is -3.60. The minimum absolute atomic E-state index is 0.239. The summed E-state index contributed by atoms with van der Waals surface area (Å²) in [5.74, 6) is 0. The van der Waals surface area contributed by atoms with Crippen molar-refractivity contribution in [3.63, 3.8) is 0 Å². The summed E-state index contributed by atoms with van der Waals surface area (Å²) < 4.78 is 28.0. The predicted molar refractivity (Wildman–Crippen MR) is 104 cm³/mol. The number of rotatable bonds is 4. The second kappa shape index (κ2) is 7.83. The Morgan fingerprint density at radius 2 is 1.65 bits per heavy atom. The standard InChI is InChI=1S/C20H22N2O2S2/c1-15-10-16(2)12-18(11-15)25-19-7-6-17(14-21)13-20(19)26(23,24)22-8-4-3-5-9-22/h6-7,10-13H,3-5,8-9H2,1-2H3. The van der Waals surface area contributed by atoms with Gasteiger partial charge in [0.05, 0.1) is 16.5 Å². The Morgan fingerprint density at radius 1 is 1.00 bits per heavy atom. The largest absolute Gasteiger partial charge is 0.244 e. The van der Waals surface area contributed by atoms with Crippen LogP contribution in [-0.2, 0) is 10.0 Å². The van der Waals surface area contributed by atoms with E-state index in [1.54, 1.807) is 16.4 Å². The van der Waals surface area contributed by atoms with Crippen LogP contribution in [0.4, 0.5) is 0 Å². The van der Waals surface area contributed by atoms with Gasteiger partial charge in [0.1, 0.15) is 0 Å². The Balaban J connectivity index is 2.04. The van der Waals surface area contributed by atoms with Crippen LogP contribution in [0.5, 0.6) is 0 Å². The third-order valence-corrected chi connectivity index (χ3v) is 7.54. The van der Waals surface area contributed by atoms with E-state index in [1.807, 2.05) is 26.0 Å². The zero-order valence-corrected chi connectivity index (χ0v) is 16.7. The van der Waals surface area contributed by atoms with E-state index in [0.717, 1.165) is 35.3 Å². The van der Waals surface area contributed by atoms with Gasteiger partial charge in [-0.15, -0.1) is 0 Å². The summed E-state index contributed by atoms with van der Waals surface area (Å²) >= 11 is 1.44. The molecule has 6 heteroatoms. The molecule has 0 saturated carbocycles. The maximum atomic E-state index is 13.2. The van der Waals surface area contributed by atoms with Gasteiger partial charge in [-0.2, -0.15) is 9.57 Å². The molecule has 0 radical (unpaired) electrons. The number of aryl methyl sites for hydroxylation is 2. The molecule has 0 aliphatic carbocycles. The number of sulfonamides is 1. The van der Waals surface area contributed by atoms with Gasteiger partial charge in [0, 0.05) is 22.9 Å². The van der Waals surface area contributed by atoms with Gasteiger partial charge in [-0.3, -0.25) is 0 Å². The first-order valence-electron chi connectivity index (χ1n) is 8.70. The molecule has 1 aliphatic heterocycles. The van der Waals surface area contributed by atoms with Gasteiger partial charge in [-0.05, 0) is 68.1 Å². The van der Waals surface area contributed by atoms with Crippen LogP contribution in [-0.4, -0.2) is 25.8 Å². The quantitative estimate of drug-likeness (QED) is 0.776. The molecule has 4 nitrogen and oxygen atoms in total. The van der Waals surface area contributed by atoms with Crippen molar-refractivity contribution in [3.05, 3.63) is 53.1 Å². The van der Waals surface area contributed by atoms with Crippen molar-refractivity contribution in [1.82, 2.24) is 4.31 Å². The monoisotopic (exact) mass is 386 g/mol. The number of nitriles is 1. The van der Waals surface area contributed by atoms with Crippen molar-refractivity contribution in [2.24, 2.45) is 0 Å². The van der Waals surface area contributed by atoms with Crippen LogP contribution < -0.4 is 0 Å². The summed E-state index contributed by atoms with van der Waals surface area (Å²) in [6.07, 6.45) is 2.84. The molecule has 2 aromatic carbocycles. The Bertz CT molecular complexity index is 936. The maximum Gasteiger partial charge on any atom is 0.244 e. The lowest BCUT2D eigenvalue weighted by molar-refractivity contribution is 0.346. The highest BCUT2D eigenvalue weighted by Gasteiger charge is 2.29. The maximum absolute atomic E-state index is 13.2. The zero-order valence-electron chi connectivity index (χ0n) is 15.0. The predicted octanol–water partition coefficient (Wildman–Crippen LogP) is 4.50. The topological polar surface area (TPSA) is 61.2 Å². The van der Waals surface area contributed by atoms with Crippen LogP contribution in [0.2, 0.25) is 0 Å². The molecule has 0 bridgehead atoms. The van der Waals surface area contributed by atoms with Crippen LogP contribution >= 0.6 is 11.8 Å². The first kappa shape index (κ1) is 19.0. The molecule has 3 rings (SSSR count).